The number of carbonyl (C=O) groups is 1. The second-order valence-electron chi connectivity index (χ2n) is 5.52. The van der Waals surface area contributed by atoms with E-state index in [1.807, 2.05) is 4.68 Å². The van der Waals surface area contributed by atoms with Crippen molar-refractivity contribution in [2.45, 2.75) is 38.1 Å². The lowest BCUT2D eigenvalue weighted by Crippen LogP contribution is -2.19. The summed E-state index contributed by atoms with van der Waals surface area (Å²) in [7, 11) is 0. The average Bonchev–Trinajstić information content (AvgIpc) is 3.13. The predicted molar refractivity (Wildman–Crippen MR) is 83.5 cm³/mol. The summed E-state index contributed by atoms with van der Waals surface area (Å²) in [4.78, 5) is 12.2. The third-order valence-corrected chi connectivity index (χ3v) is 4.36. The van der Waals surface area contributed by atoms with E-state index in [0.717, 1.165) is 12.8 Å². The smallest absolute Gasteiger partial charge is 0.230 e. The van der Waals surface area contributed by atoms with Crippen LogP contribution in [0.4, 0.5) is 10.2 Å². The van der Waals surface area contributed by atoms with E-state index in [1.54, 1.807) is 18.3 Å². The van der Waals surface area contributed by atoms with Crippen molar-refractivity contribution in [3.63, 3.8) is 0 Å². The summed E-state index contributed by atoms with van der Waals surface area (Å²) in [6.07, 6.45) is 6.09. The Hall–Kier alpha value is -1.88. The minimum absolute atomic E-state index is 0.0959. The molecular weight excluding hydrogens is 305 g/mol. The Labute approximate surface area is 133 Å². The molecule has 0 unspecified atom stereocenters. The first-order chi connectivity index (χ1) is 10.6. The van der Waals surface area contributed by atoms with Gasteiger partial charge in [0.15, 0.2) is 0 Å². The van der Waals surface area contributed by atoms with Gasteiger partial charge in [0.2, 0.25) is 5.91 Å². The molecule has 116 valence electrons. The zero-order valence-electron chi connectivity index (χ0n) is 12.1. The fourth-order valence-corrected chi connectivity index (χ4v) is 3.13. The first kappa shape index (κ1) is 15.0. The molecule has 1 heterocycles. The van der Waals surface area contributed by atoms with E-state index in [4.69, 9.17) is 11.6 Å². The summed E-state index contributed by atoms with van der Waals surface area (Å²) in [5, 5.41) is 7.37. The Kier molecular flexibility index (Phi) is 4.43. The van der Waals surface area contributed by atoms with Gasteiger partial charge in [0.1, 0.15) is 11.6 Å². The van der Waals surface area contributed by atoms with Crippen molar-refractivity contribution in [3.8, 4) is 0 Å². The maximum atomic E-state index is 13.7. The molecule has 0 radical (unpaired) electrons. The van der Waals surface area contributed by atoms with Crippen molar-refractivity contribution < 1.29 is 9.18 Å². The van der Waals surface area contributed by atoms with Crippen LogP contribution in [0.25, 0.3) is 0 Å². The summed E-state index contributed by atoms with van der Waals surface area (Å²) in [5.74, 6) is -0.108. The van der Waals surface area contributed by atoms with Crippen molar-refractivity contribution >= 4 is 23.3 Å². The molecule has 0 aliphatic heterocycles. The van der Waals surface area contributed by atoms with Crippen molar-refractivity contribution in [3.05, 3.63) is 46.9 Å². The number of anilines is 1. The third kappa shape index (κ3) is 3.14. The van der Waals surface area contributed by atoms with E-state index in [2.05, 4.69) is 10.4 Å². The minimum atomic E-state index is -0.466. The minimum Gasteiger partial charge on any atom is -0.311 e. The van der Waals surface area contributed by atoms with Crippen LogP contribution < -0.4 is 5.32 Å². The average molecular weight is 322 g/mol. The molecule has 1 aromatic heterocycles. The van der Waals surface area contributed by atoms with Gasteiger partial charge in [-0.1, -0.05) is 30.5 Å². The zero-order valence-corrected chi connectivity index (χ0v) is 12.8. The topological polar surface area (TPSA) is 46.9 Å². The molecule has 2 aromatic rings. The molecule has 22 heavy (non-hydrogen) atoms. The molecule has 1 amide bonds. The quantitative estimate of drug-likeness (QED) is 0.926. The van der Waals surface area contributed by atoms with Gasteiger partial charge in [0.05, 0.1) is 18.7 Å². The molecule has 0 saturated heterocycles. The first-order valence-electron chi connectivity index (χ1n) is 7.41. The highest BCUT2D eigenvalue weighted by Gasteiger charge is 2.21. The van der Waals surface area contributed by atoms with Crippen molar-refractivity contribution in [2.75, 3.05) is 5.32 Å². The van der Waals surface area contributed by atoms with E-state index >= 15 is 0 Å². The van der Waals surface area contributed by atoms with Gasteiger partial charge in [-0.15, -0.1) is 0 Å². The van der Waals surface area contributed by atoms with Crippen LogP contribution >= 0.6 is 11.6 Å². The Morgan fingerprint density at radius 3 is 2.86 bits per heavy atom. The number of carbonyl (C=O) groups excluding carboxylic acids is 1. The van der Waals surface area contributed by atoms with E-state index in [1.165, 1.54) is 25.0 Å². The van der Waals surface area contributed by atoms with Crippen LogP contribution in [0.3, 0.4) is 0 Å². The van der Waals surface area contributed by atoms with Crippen LogP contribution in [-0.4, -0.2) is 15.7 Å². The number of nitrogens with zero attached hydrogens (tertiary/aromatic N) is 2. The fraction of sp³-hybridized carbons (Fsp3) is 0.375. The molecule has 1 fully saturated rings. The second kappa shape index (κ2) is 6.48. The van der Waals surface area contributed by atoms with E-state index in [9.17, 15) is 9.18 Å². The van der Waals surface area contributed by atoms with Gasteiger partial charge in [-0.3, -0.25) is 4.79 Å². The number of benzene rings is 1. The van der Waals surface area contributed by atoms with E-state index < -0.39 is 5.82 Å². The molecule has 1 saturated carbocycles. The van der Waals surface area contributed by atoms with Crippen molar-refractivity contribution in [1.82, 2.24) is 9.78 Å². The van der Waals surface area contributed by atoms with Gasteiger partial charge in [-0.25, -0.2) is 9.07 Å². The van der Waals surface area contributed by atoms with Gasteiger partial charge in [0, 0.05) is 16.7 Å². The molecule has 0 atom stereocenters. The lowest BCUT2D eigenvalue weighted by molar-refractivity contribution is -0.115. The van der Waals surface area contributed by atoms with Crippen LogP contribution in [0.1, 0.15) is 37.3 Å². The van der Waals surface area contributed by atoms with E-state index in [0.29, 0.717) is 11.9 Å². The molecule has 4 nitrogen and oxygen atoms in total. The lowest BCUT2D eigenvalue weighted by atomic mass is 10.1. The second-order valence-corrected chi connectivity index (χ2v) is 5.93. The van der Waals surface area contributed by atoms with Gasteiger partial charge < -0.3 is 5.32 Å². The Morgan fingerprint density at radius 1 is 1.36 bits per heavy atom. The van der Waals surface area contributed by atoms with E-state index in [-0.39, 0.29) is 22.9 Å². The SMILES string of the molecule is O=C(Cc1c(F)cccc1Cl)Nc1ccnn1C1CCCC1. The molecule has 1 aromatic carbocycles. The Morgan fingerprint density at radius 2 is 2.14 bits per heavy atom. The van der Waals surface area contributed by atoms with Crippen LogP contribution in [0.2, 0.25) is 5.02 Å². The van der Waals surface area contributed by atoms with Crippen molar-refractivity contribution in [1.29, 1.82) is 0 Å². The normalized spacial score (nSPS) is 15.2. The standard InChI is InChI=1S/C16H17ClFN3O/c17-13-6-3-7-14(18)12(13)10-16(22)20-15-8-9-19-21(15)11-4-1-2-5-11/h3,6-9,11H,1-2,4-5,10H2,(H,20,22). The number of halogens is 2. The van der Waals surface area contributed by atoms with Crippen molar-refractivity contribution in [2.24, 2.45) is 0 Å². The van der Waals surface area contributed by atoms with Crippen LogP contribution in [0.5, 0.6) is 0 Å². The predicted octanol–water partition coefficient (Wildman–Crippen LogP) is 3.97. The molecule has 3 rings (SSSR count). The third-order valence-electron chi connectivity index (χ3n) is 4.01. The first-order valence-corrected chi connectivity index (χ1v) is 7.79. The van der Waals surface area contributed by atoms with Gasteiger partial charge in [-0.05, 0) is 25.0 Å². The molecule has 0 bridgehead atoms. The maximum absolute atomic E-state index is 13.7. The van der Waals surface area contributed by atoms with Crippen LogP contribution in [-0.2, 0) is 11.2 Å². The summed E-state index contributed by atoms with van der Waals surface area (Å²) < 4.78 is 15.6. The molecule has 1 aliphatic rings. The largest absolute Gasteiger partial charge is 0.311 e. The van der Waals surface area contributed by atoms with Gasteiger partial charge in [0.25, 0.3) is 0 Å². The Bertz CT molecular complexity index is 660. The van der Waals surface area contributed by atoms with Gasteiger partial charge >= 0.3 is 0 Å². The molecule has 6 heteroatoms. The molecule has 0 spiro atoms. The van der Waals surface area contributed by atoms with Crippen LogP contribution in [0.15, 0.2) is 30.5 Å². The highest BCUT2D eigenvalue weighted by atomic mass is 35.5. The highest BCUT2D eigenvalue weighted by molar-refractivity contribution is 6.31. The van der Waals surface area contributed by atoms with Crippen LogP contribution in [0, 0.1) is 5.82 Å². The summed E-state index contributed by atoms with van der Waals surface area (Å²) >= 11 is 5.95. The maximum Gasteiger partial charge on any atom is 0.230 e. The number of nitrogens with one attached hydrogen (secondary N) is 1. The number of aromatic nitrogens is 2. The number of hydrogen-bond donors (Lipinski definition) is 1. The fourth-order valence-electron chi connectivity index (χ4n) is 2.90. The molecular formula is C16H17ClFN3O. The zero-order chi connectivity index (χ0) is 15.5. The highest BCUT2D eigenvalue weighted by Crippen LogP contribution is 2.31. The number of rotatable bonds is 4. The molecule has 1 aliphatic carbocycles. The Balaban J connectivity index is 1.71. The molecule has 1 N–H and O–H groups in total. The number of amides is 1. The monoisotopic (exact) mass is 321 g/mol. The number of hydrogen-bond acceptors (Lipinski definition) is 2. The lowest BCUT2D eigenvalue weighted by Gasteiger charge is -2.15. The summed E-state index contributed by atoms with van der Waals surface area (Å²) in [5.41, 5.74) is 0.216. The summed E-state index contributed by atoms with van der Waals surface area (Å²) in [6, 6.07) is 6.50. The van der Waals surface area contributed by atoms with Gasteiger partial charge in [-0.2, -0.15) is 5.10 Å². The summed E-state index contributed by atoms with van der Waals surface area (Å²) in [6.45, 7) is 0.